The molecular formula is C20H23ClFNO4. The summed E-state index contributed by atoms with van der Waals surface area (Å²) in [6.07, 6.45) is 0.403. The van der Waals surface area contributed by atoms with Crippen LogP contribution in [0.3, 0.4) is 0 Å². The van der Waals surface area contributed by atoms with E-state index in [0.29, 0.717) is 29.0 Å². The monoisotopic (exact) mass is 395 g/mol. The number of halogens is 2. The number of ether oxygens (including phenoxy) is 2. The number of nitrogens with one attached hydrogen (secondary N) is 1. The first-order chi connectivity index (χ1) is 12.8. The fraction of sp³-hybridized carbons (Fsp3) is 0.350. The van der Waals surface area contributed by atoms with Crippen LogP contribution >= 0.6 is 11.6 Å². The topological polar surface area (TPSA) is 67.8 Å². The molecule has 0 saturated carbocycles. The first kappa shape index (κ1) is 21.0. The van der Waals surface area contributed by atoms with Crippen LogP contribution in [0.5, 0.6) is 11.5 Å². The maximum Gasteiger partial charge on any atom is 0.320 e. The minimum Gasteiger partial charge on any atom is -0.497 e. The van der Waals surface area contributed by atoms with Crippen molar-refractivity contribution in [1.29, 1.82) is 0 Å². The molecule has 0 aliphatic rings. The fourth-order valence-electron chi connectivity index (χ4n) is 2.74. The van der Waals surface area contributed by atoms with Crippen molar-refractivity contribution in [3.8, 4) is 11.5 Å². The van der Waals surface area contributed by atoms with Crippen molar-refractivity contribution in [2.75, 3.05) is 7.11 Å². The van der Waals surface area contributed by atoms with Crippen molar-refractivity contribution < 1.29 is 23.8 Å². The van der Waals surface area contributed by atoms with E-state index >= 15 is 0 Å². The van der Waals surface area contributed by atoms with E-state index in [9.17, 15) is 14.3 Å². The Bertz CT molecular complexity index is 782. The van der Waals surface area contributed by atoms with Gasteiger partial charge in [0, 0.05) is 11.6 Å². The zero-order valence-electron chi connectivity index (χ0n) is 15.5. The molecule has 0 aliphatic carbocycles. The van der Waals surface area contributed by atoms with Gasteiger partial charge >= 0.3 is 5.97 Å². The summed E-state index contributed by atoms with van der Waals surface area (Å²) in [5.41, 5.74) is 1.17. The summed E-state index contributed by atoms with van der Waals surface area (Å²) >= 11 is 6.24. The third-order valence-corrected chi connectivity index (χ3v) is 4.60. The van der Waals surface area contributed by atoms with Crippen LogP contribution in [0.4, 0.5) is 4.39 Å². The maximum absolute atomic E-state index is 13.9. The Kier molecular flexibility index (Phi) is 7.45. The molecule has 0 amide bonds. The molecule has 0 radical (unpaired) electrons. The summed E-state index contributed by atoms with van der Waals surface area (Å²) in [5, 5.41) is 12.5. The summed E-state index contributed by atoms with van der Waals surface area (Å²) in [6, 6.07) is 8.47. The number of carboxylic acids is 1. The van der Waals surface area contributed by atoms with Crippen molar-refractivity contribution in [2.45, 2.75) is 39.0 Å². The van der Waals surface area contributed by atoms with Crippen molar-refractivity contribution in [3.63, 3.8) is 0 Å². The molecule has 0 spiro atoms. The second-order valence-electron chi connectivity index (χ2n) is 6.11. The Labute approximate surface area is 163 Å². The number of rotatable bonds is 9. The Morgan fingerprint density at radius 2 is 1.89 bits per heavy atom. The second kappa shape index (κ2) is 9.58. The highest BCUT2D eigenvalue weighted by Gasteiger charge is 2.22. The third kappa shape index (κ3) is 5.58. The van der Waals surface area contributed by atoms with E-state index in [0.717, 1.165) is 0 Å². The van der Waals surface area contributed by atoms with E-state index in [2.05, 4.69) is 5.32 Å². The van der Waals surface area contributed by atoms with Gasteiger partial charge in [-0.1, -0.05) is 18.5 Å². The Balaban J connectivity index is 2.22. The molecular weight excluding hydrogens is 373 g/mol. The normalized spacial score (nSPS) is 13.1. The molecule has 2 aromatic rings. The summed E-state index contributed by atoms with van der Waals surface area (Å²) in [7, 11) is 1.58. The molecule has 2 rings (SSSR count). The van der Waals surface area contributed by atoms with Crippen molar-refractivity contribution in [3.05, 3.63) is 58.4 Å². The molecule has 2 N–H and O–H groups in total. The first-order valence-corrected chi connectivity index (χ1v) is 8.97. The minimum absolute atomic E-state index is 0.122. The van der Waals surface area contributed by atoms with Gasteiger partial charge in [0.25, 0.3) is 0 Å². The second-order valence-corrected chi connectivity index (χ2v) is 6.51. The molecule has 146 valence electrons. The van der Waals surface area contributed by atoms with Gasteiger partial charge in [0.1, 0.15) is 30.0 Å². The van der Waals surface area contributed by atoms with Gasteiger partial charge in [-0.05, 0) is 55.3 Å². The van der Waals surface area contributed by atoms with E-state index in [1.165, 1.54) is 12.1 Å². The fourth-order valence-corrected chi connectivity index (χ4v) is 3.01. The molecule has 5 nitrogen and oxygen atoms in total. The van der Waals surface area contributed by atoms with Gasteiger partial charge in [0.15, 0.2) is 0 Å². The minimum atomic E-state index is -0.956. The van der Waals surface area contributed by atoms with Crippen LogP contribution < -0.4 is 14.8 Å². The highest BCUT2D eigenvalue weighted by Crippen LogP contribution is 2.29. The van der Waals surface area contributed by atoms with Gasteiger partial charge < -0.3 is 14.6 Å². The summed E-state index contributed by atoms with van der Waals surface area (Å²) in [6.45, 7) is 3.66. The predicted molar refractivity (Wildman–Crippen MR) is 102 cm³/mol. The van der Waals surface area contributed by atoms with Gasteiger partial charge in [0.2, 0.25) is 0 Å². The molecule has 0 bridgehead atoms. The number of benzene rings is 2. The number of methoxy groups -OCH3 is 1. The van der Waals surface area contributed by atoms with Crippen LogP contribution in [0.1, 0.15) is 37.4 Å². The number of carboxylic acid groups (broad SMARTS) is 1. The molecule has 7 heteroatoms. The average molecular weight is 396 g/mol. The van der Waals surface area contributed by atoms with Crippen LogP contribution in [0, 0.1) is 5.82 Å². The smallest absolute Gasteiger partial charge is 0.320 e. The van der Waals surface area contributed by atoms with Gasteiger partial charge in [-0.25, -0.2) is 4.39 Å². The molecule has 27 heavy (non-hydrogen) atoms. The van der Waals surface area contributed by atoms with Crippen LogP contribution in [0.15, 0.2) is 36.4 Å². The SMILES string of the molecule is CCC(N[C@@H](C)c1cc(F)cc(Cl)c1COc1ccc(OC)cc1)C(=O)O. The molecule has 2 aromatic carbocycles. The molecule has 2 atom stereocenters. The lowest BCUT2D eigenvalue weighted by molar-refractivity contribution is -0.139. The largest absolute Gasteiger partial charge is 0.497 e. The number of carbonyl (C=O) groups is 1. The molecule has 0 aliphatic heterocycles. The molecule has 0 heterocycles. The quantitative estimate of drug-likeness (QED) is 0.650. The lowest BCUT2D eigenvalue weighted by atomic mass is 10.00. The molecule has 0 aromatic heterocycles. The Morgan fingerprint density at radius 1 is 1.26 bits per heavy atom. The number of hydrogen-bond acceptors (Lipinski definition) is 4. The van der Waals surface area contributed by atoms with Crippen LogP contribution in [0.2, 0.25) is 5.02 Å². The van der Waals surface area contributed by atoms with E-state index < -0.39 is 23.9 Å². The van der Waals surface area contributed by atoms with Gasteiger partial charge in [0.05, 0.1) is 12.1 Å². The molecule has 1 unspecified atom stereocenters. The standard InChI is InChI=1S/C20H23ClFNO4/c1-4-19(20(24)25)23-12(2)16-9-13(22)10-18(21)17(16)11-27-15-7-5-14(26-3)6-8-15/h5-10,12,19,23H,4,11H2,1-3H3,(H,24,25)/t12-,19?/m0/s1. The van der Waals surface area contributed by atoms with Gasteiger partial charge in [-0.3, -0.25) is 10.1 Å². The van der Waals surface area contributed by atoms with Gasteiger partial charge in [-0.2, -0.15) is 0 Å². The van der Waals surface area contributed by atoms with E-state index in [1.807, 2.05) is 0 Å². The van der Waals surface area contributed by atoms with Crippen molar-refractivity contribution >= 4 is 17.6 Å². The predicted octanol–water partition coefficient (Wildman–Crippen LogP) is 4.58. The van der Waals surface area contributed by atoms with Crippen LogP contribution in [-0.2, 0) is 11.4 Å². The lowest BCUT2D eigenvalue weighted by Crippen LogP contribution is -2.38. The van der Waals surface area contributed by atoms with E-state index in [-0.39, 0.29) is 11.6 Å². The van der Waals surface area contributed by atoms with Gasteiger partial charge in [-0.15, -0.1) is 0 Å². The average Bonchev–Trinajstić information content (AvgIpc) is 2.64. The molecule has 0 saturated heterocycles. The summed E-state index contributed by atoms with van der Waals surface area (Å²) in [4.78, 5) is 11.3. The third-order valence-electron chi connectivity index (χ3n) is 4.26. The Hall–Kier alpha value is -2.31. The van der Waals surface area contributed by atoms with Crippen LogP contribution in [0.25, 0.3) is 0 Å². The summed E-state index contributed by atoms with van der Waals surface area (Å²) in [5.74, 6) is -0.122. The summed E-state index contributed by atoms with van der Waals surface area (Å²) < 4.78 is 24.8. The Morgan fingerprint density at radius 3 is 2.44 bits per heavy atom. The number of aliphatic carboxylic acids is 1. The zero-order chi connectivity index (χ0) is 20.0. The van der Waals surface area contributed by atoms with E-state index in [1.54, 1.807) is 45.2 Å². The van der Waals surface area contributed by atoms with E-state index in [4.69, 9.17) is 21.1 Å². The zero-order valence-corrected chi connectivity index (χ0v) is 16.2. The number of hydrogen-bond donors (Lipinski definition) is 2. The highest BCUT2D eigenvalue weighted by molar-refractivity contribution is 6.31. The lowest BCUT2D eigenvalue weighted by Gasteiger charge is -2.23. The van der Waals surface area contributed by atoms with Crippen molar-refractivity contribution in [2.24, 2.45) is 0 Å². The molecule has 0 fully saturated rings. The van der Waals surface area contributed by atoms with Crippen molar-refractivity contribution in [1.82, 2.24) is 5.32 Å². The van der Waals surface area contributed by atoms with Crippen LogP contribution in [-0.4, -0.2) is 24.2 Å². The first-order valence-electron chi connectivity index (χ1n) is 8.59. The maximum atomic E-state index is 13.9. The highest BCUT2D eigenvalue weighted by atomic mass is 35.5.